The van der Waals surface area contributed by atoms with Crippen LogP contribution in [0.25, 0.3) is 0 Å². The Kier molecular flexibility index (Phi) is 7.33. The Morgan fingerprint density at radius 1 is 1.22 bits per heavy atom. The highest BCUT2D eigenvalue weighted by Gasteiger charge is 2.28. The van der Waals surface area contributed by atoms with E-state index < -0.39 is 24.7 Å². The summed E-state index contributed by atoms with van der Waals surface area (Å²) < 4.78 is 35.5. The van der Waals surface area contributed by atoms with Crippen LogP contribution in [0.3, 0.4) is 0 Å². The maximum Gasteiger partial charge on any atom is 0.405 e. The molecule has 0 aliphatic carbocycles. The minimum Gasteiger partial charge on any atom is -0.355 e. The molecule has 5 nitrogen and oxygen atoms in total. The summed E-state index contributed by atoms with van der Waals surface area (Å²) in [5.74, 6) is -1.09. The molecule has 0 saturated carbocycles. The zero-order valence-electron chi connectivity index (χ0n) is 10.4. The molecule has 0 aromatic heterocycles. The minimum absolute atomic E-state index is 0.111. The largest absolute Gasteiger partial charge is 0.405 e. The summed E-state index contributed by atoms with van der Waals surface area (Å²) in [5, 5.41) is 6.84. The molecule has 0 heterocycles. The highest BCUT2D eigenvalue weighted by atomic mass is 19.4. The van der Waals surface area contributed by atoms with Crippen LogP contribution in [0.15, 0.2) is 0 Å². The second-order valence-electron chi connectivity index (χ2n) is 3.79. The average molecular weight is 269 g/mol. The molecule has 18 heavy (non-hydrogen) atoms. The van der Waals surface area contributed by atoms with Gasteiger partial charge in [-0.3, -0.25) is 14.9 Å². The molecule has 0 saturated heterocycles. The van der Waals surface area contributed by atoms with Gasteiger partial charge in [0.05, 0.1) is 12.6 Å². The van der Waals surface area contributed by atoms with Crippen LogP contribution in [-0.2, 0) is 9.59 Å². The van der Waals surface area contributed by atoms with E-state index in [9.17, 15) is 22.8 Å². The number of amides is 2. The average Bonchev–Trinajstić information content (AvgIpc) is 2.29. The number of hydrogen-bond acceptors (Lipinski definition) is 3. The fourth-order valence-corrected chi connectivity index (χ4v) is 1.01. The molecule has 0 aromatic carbocycles. The lowest BCUT2D eigenvalue weighted by Gasteiger charge is -2.14. The van der Waals surface area contributed by atoms with Crippen LogP contribution in [0.4, 0.5) is 13.2 Å². The van der Waals surface area contributed by atoms with Crippen molar-refractivity contribution in [3.05, 3.63) is 0 Å². The third-order valence-electron chi connectivity index (χ3n) is 2.00. The number of halogens is 3. The molecule has 2 amide bonds. The monoisotopic (exact) mass is 269 g/mol. The number of alkyl halides is 3. The molecule has 0 rings (SSSR count). The van der Waals surface area contributed by atoms with Crippen molar-refractivity contribution < 1.29 is 22.8 Å². The molecule has 0 aliphatic heterocycles. The van der Waals surface area contributed by atoms with Crippen LogP contribution >= 0.6 is 0 Å². The highest BCUT2D eigenvalue weighted by Crippen LogP contribution is 2.12. The molecule has 8 heteroatoms. The molecule has 1 atom stereocenters. The van der Waals surface area contributed by atoms with Crippen molar-refractivity contribution in [3.8, 4) is 0 Å². The fourth-order valence-electron chi connectivity index (χ4n) is 1.01. The van der Waals surface area contributed by atoms with Crippen molar-refractivity contribution in [3.63, 3.8) is 0 Å². The van der Waals surface area contributed by atoms with Gasteiger partial charge >= 0.3 is 6.18 Å². The predicted molar refractivity (Wildman–Crippen MR) is 59.8 cm³/mol. The second kappa shape index (κ2) is 7.91. The van der Waals surface area contributed by atoms with Crippen molar-refractivity contribution in [1.29, 1.82) is 0 Å². The van der Waals surface area contributed by atoms with Crippen LogP contribution < -0.4 is 16.0 Å². The van der Waals surface area contributed by atoms with E-state index in [1.165, 1.54) is 6.92 Å². The number of nitrogens with one attached hydrogen (secondary N) is 3. The Balaban J connectivity index is 3.84. The van der Waals surface area contributed by atoms with Crippen LogP contribution in [0.5, 0.6) is 0 Å². The van der Waals surface area contributed by atoms with E-state index in [-0.39, 0.29) is 12.5 Å². The van der Waals surface area contributed by atoms with E-state index in [2.05, 4.69) is 10.6 Å². The van der Waals surface area contributed by atoms with Crippen LogP contribution in [-0.4, -0.2) is 43.7 Å². The number of carbonyl (C=O) groups is 2. The Labute approximate surface area is 103 Å². The molecule has 3 N–H and O–H groups in total. The lowest BCUT2D eigenvalue weighted by atomic mass is 10.3. The molecule has 0 aliphatic rings. The van der Waals surface area contributed by atoms with E-state index in [4.69, 9.17) is 0 Å². The van der Waals surface area contributed by atoms with Crippen molar-refractivity contribution >= 4 is 11.8 Å². The molecule has 0 spiro atoms. The van der Waals surface area contributed by atoms with E-state index in [0.29, 0.717) is 6.54 Å². The van der Waals surface area contributed by atoms with E-state index in [1.807, 2.05) is 6.92 Å². The van der Waals surface area contributed by atoms with Gasteiger partial charge in [-0.2, -0.15) is 13.2 Å². The summed E-state index contributed by atoms with van der Waals surface area (Å²) in [6.45, 7) is 2.31. The topological polar surface area (TPSA) is 70.2 Å². The summed E-state index contributed by atoms with van der Waals surface area (Å²) in [5.41, 5.74) is 0. The lowest BCUT2D eigenvalue weighted by Crippen LogP contribution is -2.47. The third kappa shape index (κ3) is 8.80. The maximum absolute atomic E-state index is 11.8. The van der Waals surface area contributed by atoms with Crippen molar-refractivity contribution in [2.24, 2.45) is 0 Å². The molecular formula is C10H18F3N3O2. The van der Waals surface area contributed by atoms with Gasteiger partial charge in [-0.25, -0.2) is 0 Å². The van der Waals surface area contributed by atoms with Crippen LogP contribution in [0.2, 0.25) is 0 Å². The Bertz CT molecular complexity index is 282. The first-order valence-electron chi connectivity index (χ1n) is 5.60. The number of rotatable bonds is 7. The highest BCUT2D eigenvalue weighted by molar-refractivity contribution is 5.83. The van der Waals surface area contributed by atoms with Gasteiger partial charge in [0.1, 0.15) is 6.54 Å². The summed E-state index contributed by atoms with van der Waals surface area (Å²) in [7, 11) is 0. The van der Waals surface area contributed by atoms with E-state index in [0.717, 1.165) is 6.42 Å². The van der Waals surface area contributed by atoms with E-state index in [1.54, 1.807) is 5.32 Å². The van der Waals surface area contributed by atoms with E-state index >= 15 is 0 Å². The quantitative estimate of drug-likeness (QED) is 0.617. The maximum atomic E-state index is 11.8. The SMILES string of the molecule is CCCNC(=O)CNC(C)C(=O)NCC(F)(F)F. The summed E-state index contributed by atoms with van der Waals surface area (Å²) in [6.07, 6.45) is -3.65. The molecule has 1 unspecified atom stereocenters. The standard InChI is InChI=1S/C10H18F3N3O2/c1-3-4-14-8(17)5-15-7(2)9(18)16-6-10(11,12)13/h7,15H,3-6H2,1-2H3,(H,14,17)(H,16,18). The zero-order valence-corrected chi connectivity index (χ0v) is 10.4. The molecule has 0 bridgehead atoms. The predicted octanol–water partition coefficient (Wildman–Crippen LogP) is 0.169. The normalized spacial score (nSPS) is 12.9. The first kappa shape index (κ1) is 16.7. The van der Waals surface area contributed by atoms with Gasteiger partial charge in [-0.15, -0.1) is 0 Å². The van der Waals surface area contributed by atoms with Crippen molar-refractivity contribution in [1.82, 2.24) is 16.0 Å². The van der Waals surface area contributed by atoms with Gasteiger partial charge in [0.2, 0.25) is 11.8 Å². The summed E-state index contributed by atoms with van der Waals surface area (Å²) in [6, 6.07) is -0.861. The smallest absolute Gasteiger partial charge is 0.355 e. The Hall–Kier alpha value is -1.31. The van der Waals surface area contributed by atoms with Crippen molar-refractivity contribution in [2.45, 2.75) is 32.5 Å². The fraction of sp³-hybridized carbons (Fsp3) is 0.800. The molecule has 106 valence electrons. The minimum atomic E-state index is -4.44. The molecule has 0 aromatic rings. The van der Waals surface area contributed by atoms with Gasteiger partial charge in [-0.1, -0.05) is 6.92 Å². The Morgan fingerprint density at radius 3 is 2.33 bits per heavy atom. The number of carbonyl (C=O) groups excluding carboxylic acids is 2. The lowest BCUT2D eigenvalue weighted by molar-refractivity contribution is -0.139. The van der Waals surface area contributed by atoms with Gasteiger partial charge in [0.25, 0.3) is 0 Å². The molecule has 0 fully saturated rings. The van der Waals surface area contributed by atoms with Crippen LogP contribution in [0.1, 0.15) is 20.3 Å². The van der Waals surface area contributed by atoms with Gasteiger partial charge < -0.3 is 10.6 Å². The summed E-state index contributed by atoms with van der Waals surface area (Å²) >= 11 is 0. The van der Waals surface area contributed by atoms with Crippen molar-refractivity contribution in [2.75, 3.05) is 19.6 Å². The third-order valence-corrected chi connectivity index (χ3v) is 2.00. The molecular weight excluding hydrogens is 251 g/mol. The Morgan fingerprint density at radius 2 is 1.83 bits per heavy atom. The first-order valence-corrected chi connectivity index (χ1v) is 5.60. The zero-order chi connectivity index (χ0) is 14.2. The number of hydrogen-bond donors (Lipinski definition) is 3. The van der Waals surface area contributed by atoms with Crippen LogP contribution in [0, 0.1) is 0 Å². The summed E-state index contributed by atoms with van der Waals surface area (Å²) in [4.78, 5) is 22.4. The van der Waals surface area contributed by atoms with Gasteiger partial charge in [0, 0.05) is 6.54 Å². The first-order chi connectivity index (χ1) is 8.26. The van der Waals surface area contributed by atoms with Gasteiger partial charge in [0.15, 0.2) is 0 Å². The second-order valence-corrected chi connectivity index (χ2v) is 3.79. The van der Waals surface area contributed by atoms with Gasteiger partial charge in [-0.05, 0) is 13.3 Å². The molecule has 0 radical (unpaired) electrons.